The van der Waals surface area contributed by atoms with E-state index in [-0.39, 0.29) is 0 Å². The number of unbranched alkanes of at least 4 members (excludes halogenated alkanes) is 1. The fourth-order valence-corrected chi connectivity index (χ4v) is 3.19. The third kappa shape index (κ3) is 7.43. The Morgan fingerprint density at radius 3 is 2.53 bits per heavy atom. The van der Waals surface area contributed by atoms with Crippen molar-refractivity contribution in [3.8, 4) is 0 Å². The van der Waals surface area contributed by atoms with Gasteiger partial charge in [-0.25, -0.2) is 0 Å². The summed E-state index contributed by atoms with van der Waals surface area (Å²) in [7, 11) is 0. The highest BCUT2D eigenvalue weighted by molar-refractivity contribution is 4.93. The van der Waals surface area contributed by atoms with Crippen molar-refractivity contribution in [1.29, 1.82) is 0 Å². The van der Waals surface area contributed by atoms with Crippen molar-refractivity contribution in [2.24, 2.45) is 11.8 Å². The minimum Gasteiger partial charge on any atom is -0.129 e. The van der Waals surface area contributed by atoms with E-state index in [4.69, 9.17) is 0 Å². The van der Waals surface area contributed by atoms with Gasteiger partial charge in [0.15, 0.2) is 0 Å². The van der Waals surface area contributed by atoms with Gasteiger partial charge >= 0.3 is 0 Å². The largest absolute Gasteiger partial charge is 0.129 e. The summed E-state index contributed by atoms with van der Waals surface area (Å²) in [5.41, 5.74) is 3.45. The number of rotatable bonds is 6. The first-order chi connectivity index (χ1) is 9.38. The molecule has 0 radical (unpaired) electrons. The van der Waals surface area contributed by atoms with Crippen molar-refractivity contribution < 1.29 is 0 Å². The van der Waals surface area contributed by atoms with Crippen LogP contribution in [0.1, 0.15) is 77.6 Å². The first kappa shape index (κ1) is 16.3. The van der Waals surface area contributed by atoms with E-state index in [1.165, 1.54) is 57.8 Å². The molecule has 0 N–H and O–H groups in total. The van der Waals surface area contributed by atoms with Crippen LogP contribution in [-0.4, -0.2) is 0 Å². The predicted octanol–water partition coefficient (Wildman–Crippen LogP) is 6.44. The van der Waals surface area contributed by atoms with Crippen LogP contribution >= 0.6 is 0 Å². The number of hydrogen-bond acceptors (Lipinski definition) is 0. The van der Waals surface area contributed by atoms with Gasteiger partial charge in [-0.15, -0.1) is 12.3 Å². The van der Waals surface area contributed by atoms with Crippen LogP contribution in [0.25, 0.3) is 0 Å². The Balaban J connectivity index is 2.58. The molecular formula is C19H32. The second-order valence-electron chi connectivity index (χ2n) is 5.96. The highest BCUT2D eigenvalue weighted by Gasteiger charge is 2.19. The van der Waals surface area contributed by atoms with Crippen LogP contribution in [0.4, 0.5) is 0 Å². The lowest BCUT2D eigenvalue weighted by atomic mass is 9.82. The molecule has 0 heteroatoms. The molecule has 1 saturated carbocycles. The topological polar surface area (TPSA) is 0 Å². The van der Waals surface area contributed by atoms with Gasteiger partial charge in [-0.1, -0.05) is 57.9 Å². The normalized spacial score (nSPS) is 24.5. The molecule has 108 valence electrons. The molecule has 1 rings (SSSR count). The predicted molar refractivity (Wildman–Crippen MR) is 86.3 cm³/mol. The summed E-state index contributed by atoms with van der Waals surface area (Å²) >= 11 is 0. The maximum Gasteiger partial charge on any atom is -0.0129 e. The average molecular weight is 260 g/mol. The number of allylic oxidation sites excluding steroid dienone is 2. The standard InChI is InChI=1S/C19H32/c1-3-5-6-8-11-16-19-17-13-10-7-9-12-15-18(19)14-4-2/h3,8,16,18-19H,1,4-7,9-10,12-15,17H2,2H3. The minimum absolute atomic E-state index is 0.776. The van der Waals surface area contributed by atoms with Gasteiger partial charge in [0.05, 0.1) is 0 Å². The first-order valence-electron chi connectivity index (χ1n) is 8.40. The molecule has 1 aliphatic carbocycles. The molecule has 0 heterocycles. The summed E-state index contributed by atoms with van der Waals surface area (Å²) in [5, 5.41) is 0. The van der Waals surface area contributed by atoms with E-state index in [2.05, 4.69) is 31.4 Å². The minimum atomic E-state index is 0.776. The second-order valence-corrected chi connectivity index (χ2v) is 5.96. The molecule has 0 aromatic rings. The molecule has 2 unspecified atom stereocenters. The van der Waals surface area contributed by atoms with Crippen molar-refractivity contribution in [3.63, 3.8) is 0 Å². The van der Waals surface area contributed by atoms with Gasteiger partial charge in [-0.3, -0.25) is 0 Å². The van der Waals surface area contributed by atoms with E-state index >= 15 is 0 Å². The van der Waals surface area contributed by atoms with Crippen molar-refractivity contribution in [2.75, 3.05) is 0 Å². The highest BCUT2D eigenvalue weighted by atomic mass is 14.2. The molecule has 0 amide bonds. The van der Waals surface area contributed by atoms with Crippen LogP contribution in [0.3, 0.4) is 0 Å². The van der Waals surface area contributed by atoms with Crippen LogP contribution in [-0.2, 0) is 0 Å². The Kier molecular flexibility index (Phi) is 9.55. The summed E-state index contributed by atoms with van der Waals surface area (Å²) in [4.78, 5) is 0. The van der Waals surface area contributed by atoms with Gasteiger partial charge in [0, 0.05) is 0 Å². The zero-order valence-electron chi connectivity index (χ0n) is 12.9. The van der Waals surface area contributed by atoms with E-state index in [0.717, 1.165) is 24.7 Å². The van der Waals surface area contributed by atoms with Crippen molar-refractivity contribution in [1.82, 2.24) is 0 Å². The molecule has 0 bridgehead atoms. The van der Waals surface area contributed by atoms with Crippen molar-refractivity contribution in [2.45, 2.75) is 77.6 Å². The van der Waals surface area contributed by atoms with Crippen LogP contribution < -0.4 is 0 Å². The lowest BCUT2D eigenvalue weighted by Gasteiger charge is -2.23. The Morgan fingerprint density at radius 1 is 1.05 bits per heavy atom. The Bertz CT molecular complexity index is 280. The third-order valence-electron chi connectivity index (χ3n) is 4.32. The number of hydrogen-bond donors (Lipinski definition) is 0. The first-order valence-corrected chi connectivity index (χ1v) is 8.40. The van der Waals surface area contributed by atoms with Gasteiger partial charge in [0.25, 0.3) is 0 Å². The van der Waals surface area contributed by atoms with E-state index in [0.29, 0.717) is 0 Å². The molecule has 0 aromatic carbocycles. The third-order valence-corrected chi connectivity index (χ3v) is 4.32. The van der Waals surface area contributed by atoms with Gasteiger partial charge in [-0.05, 0) is 49.7 Å². The van der Waals surface area contributed by atoms with Crippen LogP contribution in [0.5, 0.6) is 0 Å². The Hall–Kier alpha value is -0.740. The SMILES string of the molecule is C=CCCC=C=CC1CCCCCCCC1CCC. The smallest absolute Gasteiger partial charge is 0.0129 e. The van der Waals surface area contributed by atoms with E-state index in [1.54, 1.807) is 0 Å². The molecule has 19 heavy (non-hydrogen) atoms. The fraction of sp³-hybridized carbons (Fsp3) is 0.737. The molecular weight excluding hydrogens is 228 g/mol. The lowest BCUT2D eigenvalue weighted by Crippen LogP contribution is -2.12. The molecule has 0 aromatic heterocycles. The molecule has 0 aliphatic heterocycles. The lowest BCUT2D eigenvalue weighted by molar-refractivity contribution is 0.322. The molecule has 0 nitrogen and oxygen atoms in total. The maximum absolute atomic E-state index is 3.76. The van der Waals surface area contributed by atoms with Crippen molar-refractivity contribution in [3.05, 3.63) is 30.5 Å². The van der Waals surface area contributed by atoms with Crippen LogP contribution in [0.15, 0.2) is 30.5 Å². The summed E-state index contributed by atoms with van der Waals surface area (Å²) in [5.74, 6) is 1.68. The monoisotopic (exact) mass is 260 g/mol. The van der Waals surface area contributed by atoms with Gasteiger partial charge in [-0.2, -0.15) is 0 Å². The van der Waals surface area contributed by atoms with Crippen LogP contribution in [0.2, 0.25) is 0 Å². The summed E-state index contributed by atoms with van der Waals surface area (Å²) in [6.45, 7) is 6.09. The summed E-state index contributed by atoms with van der Waals surface area (Å²) in [6.07, 6.45) is 21.4. The fourth-order valence-electron chi connectivity index (χ4n) is 3.19. The zero-order valence-corrected chi connectivity index (χ0v) is 12.9. The summed E-state index contributed by atoms with van der Waals surface area (Å²) < 4.78 is 0. The Morgan fingerprint density at radius 2 is 1.79 bits per heavy atom. The highest BCUT2D eigenvalue weighted by Crippen LogP contribution is 2.31. The average Bonchev–Trinajstić information content (AvgIpc) is 2.52. The zero-order chi connectivity index (χ0) is 13.8. The quantitative estimate of drug-likeness (QED) is 0.293. The maximum atomic E-state index is 3.76. The van der Waals surface area contributed by atoms with Gasteiger partial charge < -0.3 is 0 Å². The van der Waals surface area contributed by atoms with Gasteiger partial charge in [0.1, 0.15) is 0 Å². The van der Waals surface area contributed by atoms with E-state index in [1.807, 2.05) is 6.08 Å². The molecule has 1 fully saturated rings. The molecule has 0 saturated heterocycles. The molecule has 0 spiro atoms. The molecule has 2 atom stereocenters. The van der Waals surface area contributed by atoms with Gasteiger partial charge in [0.2, 0.25) is 0 Å². The Labute approximate surface area is 120 Å². The second kappa shape index (κ2) is 11.1. The van der Waals surface area contributed by atoms with Crippen molar-refractivity contribution >= 4 is 0 Å². The van der Waals surface area contributed by atoms with E-state index < -0.39 is 0 Å². The van der Waals surface area contributed by atoms with Crippen LogP contribution in [0, 0.1) is 11.8 Å². The summed E-state index contributed by atoms with van der Waals surface area (Å²) in [6, 6.07) is 0. The van der Waals surface area contributed by atoms with E-state index in [9.17, 15) is 0 Å². The molecule has 1 aliphatic rings.